The fourth-order valence-corrected chi connectivity index (χ4v) is 4.51. The van der Waals surface area contributed by atoms with Gasteiger partial charge in [0.25, 0.3) is 0 Å². The Hall–Kier alpha value is -1.99. The number of rotatable bonds is 7. The zero-order chi connectivity index (χ0) is 21.9. The van der Waals surface area contributed by atoms with E-state index in [1.807, 2.05) is 12.1 Å². The standard InChI is InChI=1S/C23H22F3O2S2/c1-14(2)29-13-22-17(12-30-19-8-9-20(27)15(3)10-19)11-21(28-22)16-4-6-18(7-5-16)23(24,25)26/h4-11,14H,12-13H2,1-3H3. The fourth-order valence-electron chi connectivity index (χ4n) is 2.79. The topological polar surface area (TPSA) is 33.0 Å². The number of hydrogen-bond donors (Lipinski definition) is 0. The molecule has 0 unspecified atom stereocenters. The smallest absolute Gasteiger partial charge is 0.416 e. The average molecular weight is 452 g/mol. The van der Waals surface area contributed by atoms with Crippen LogP contribution in [-0.4, -0.2) is 5.25 Å². The molecule has 0 bridgehead atoms. The van der Waals surface area contributed by atoms with Crippen LogP contribution in [0.15, 0.2) is 57.8 Å². The summed E-state index contributed by atoms with van der Waals surface area (Å²) in [5.74, 6) is 2.74. The first-order valence-corrected chi connectivity index (χ1v) is 11.5. The molecule has 2 aromatic carbocycles. The van der Waals surface area contributed by atoms with Crippen LogP contribution in [0.3, 0.4) is 0 Å². The van der Waals surface area contributed by atoms with Gasteiger partial charge in [-0.25, -0.2) is 0 Å². The Morgan fingerprint density at radius 3 is 2.30 bits per heavy atom. The van der Waals surface area contributed by atoms with Crippen LogP contribution in [0.4, 0.5) is 13.2 Å². The van der Waals surface area contributed by atoms with Crippen molar-refractivity contribution in [2.45, 2.75) is 48.6 Å². The van der Waals surface area contributed by atoms with Crippen molar-refractivity contribution in [1.29, 1.82) is 0 Å². The third-order valence-corrected chi connectivity index (χ3v) is 6.62. The Kier molecular flexibility index (Phi) is 7.14. The van der Waals surface area contributed by atoms with E-state index in [0.29, 0.717) is 33.6 Å². The molecule has 0 saturated carbocycles. The molecule has 0 aliphatic heterocycles. The van der Waals surface area contributed by atoms with Crippen LogP contribution < -0.4 is 0 Å². The zero-order valence-corrected chi connectivity index (χ0v) is 18.5. The third-order valence-electron chi connectivity index (χ3n) is 4.48. The summed E-state index contributed by atoms with van der Waals surface area (Å²) in [4.78, 5) is 0.992. The molecule has 2 nitrogen and oxygen atoms in total. The quantitative estimate of drug-likeness (QED) is 0.338. The van der Waals surface area contributed by atoms with Crippen molar-refractivity contribution in [3.05, 3.63) is 71.0 Å². The molecule has 7 heteroatoms. The first kappa shape index (κ1) is 22.7. The van der Waals surface area contributed by atoms with Gasteiger partial charge in [-0.15, -0.1) is 11.8 Å². The minimum absolute atomic E-state index is 0.0151. The first-order valence-electron chi connectivity index (χ1n) is 9.45. The maximum absolute atomic E-state index is 12.8. The highest BCUT2D eigenvalue weighted by Crippen LogP contribution is 2.36. The van der Waals surface area contributed by atoms with Gasteiger partial charge in [-0.05, 0) is 54.1 Å². The predicted molar refractivity (Wildman–Crippen MR) is 116 cm³/mol. The van der Waals surface area contributed by atoms with Crippen molar-refractivity contribution in [3.8, 4) is 17.1 Å². The molecule has 0 fully saturated rings. The molecule has 0 aliphatic carbocycles. The van der Waals surface area contributed by atoms with Gasteiger partial charge in [0.1, 0.15) is 11.5 Å². The van der Waals surface area contributed by atoms with Crippen molar-refractivity contribution >= 4 is 23.5 Å². The lowest BCUT2D eigenvalue weighted by molar-refractivity contribution is -0.137. The second kappa shape index (κ2) is 9.43. The summed E-state index contributed by atoms with van der Waals surface area (Å²) >= 11 is 3.35. The summed E-state index contributed by atoms with van der Waals surface area (Å²) in [6.07, 6.45) is -4.36. The summed E-state index contributed by atoms with van der Waals surface area (Å²) in [7, 11) is 0. The molecule has 159 valence electrons. The number of alkyl halides is 3. The SMILES string of the molecule is Cc1cc(SCc2cc(-c3ccc(C(F)(F)F)cc3)oc2CSC(C)C)ccc1[O]. The van der Waals surface area contributed by atoms with Crippen LogP contribution in [0, 0.1) is 6.92 Å². The number of benzene rings is 2. The molecule has 1 aromatic heterocycles. The van der Waals surface area contributed by atoms with E-state index in [2.05, 4.69) is 13.8 Å². The second-order valence-electron chi connectivity index (χ2n) is 7.21. The molecular weight excluding hydrogens is 429 g/mol. The molecule has 0 spiro atoms. The van der Waals surface area contributed by atoms with E-state index in [-0.39, 0.29) is 5.75 Å². The van der Waals surface area contributed by atoms with E-state index >= 15 is 0 Å². The lowest BCUT2D eigenvalue weighted by Crippen LogP contribution is -2.03. The van der Waals surface area contributed by atoms with Gasteiger partial charge in [-0.1, -0.05) is 26.0 Å². The van der Waals surface area contributed by atoms with Gasteiger partial charge in [0.15, 0.2) is 5.75 Å². The molecule has 0 saturated heterocycles. The molecule has 1 radical (unpaired) electrons. The highest BCUT2D eigenvalue weighted by Gasteiger charge is 2.30. The highest BCUT2D eigenvalue weighted by molar-refractivity contribution is 7.99. The second-order valence-corrected chi connectivity index (χ2v) is 9.82. The average Bonchev–Trinajstić information content (AvgIpc) is 3.10. The Labute approximate surface area is 182 Å². The molecule has 30 heavy (non-hydrogen) atoms. The van der Waals surface area contributed by atoms with Crippen molar-refractivity contribution in [1.82, 2.24) is 0 Å². The zero-order valence-electron chi connectivity index (χ0n) is 16.9. The van der Waals surface area contributed by atoms with Gasteiger partial charge in [-0.2, -0.15) is 24.9 Å². The molecule has 3 aromatic rings. The molecule has 0 amide bonds. The molecule has 0 N–H and O–H groups in total. The van der Waals surface area contributed by atoms with Gasteiger partial charge in [-0.3, -0.25) is 5.11 Å². The molecular formula is C23H22F3O2S2. The number of hydrogen-bond acceptors (Lipinski definition) is 3. The number of thioether (sulfide) groups is 2. The van der Waals surface area contributed by atoms with Crippen molar-refractivity contribution in [2.24, 2.45) is 0 Å². The largest absolute Gasteiger partial charge is 0.460 e. The highest BCUT2D eigenvalue weighted by atomic mass is 32.2. The van der Waals surface area contributed by atoms with Gasteiger partial charge >= 0.3 is 6.18 Å². The van der Waals surface area contributed by atoms with Crippen LogP contribution in [0.25, 0.3) is 11.3 Å². The van der Waals surface area contributed by atoms with E-state index in [9.17, 15) is 18.3 Å². The molecule has 3 rings (SSSR count). The van der Waals surface area contributed by atoms with Gasteiger partial charge < -0.3 is 4.42 Å². The lowest BCUT2D eigenvalue weighted by Gasteiger charge is -2.06. The number of halogens is 3. The Balaban J connectivity index is 1.83. The van der Waals surface area contributed by atoms with Crippen molar-refractivity contribution < 1.29 is 22.7 Å². The molecule has 0 aliphatic rings. The maximum atomic E-state index is 12.8. The maximum Gasteiger partial charge on any atom is 0.416 e. The van der Waals surface area contributed by atoms with Gasteiger partial charge in [0, 0.05) is 21.8 Å². The summed E-state index contributed by atoms with van der Waals surface area (Å²) in [5, 5.41) is 12.0. The first-order chi connectivity index (χ1) is 14.1. The molecule has 1 heterocycles. The summed E-state index contributed by atoms with van der Waals surface area (Å²) < 4.78 is 44.5. The van der Waals surface area contributed by atoms with E-state index in [0.717, 1.165) is 28.4 Å². The number of furan rings is 1. The summed E-state index contributed by atoms with van der Waals surface area (Å²) in [5.41, 5.74) is 1.64. The Morgan fingerprint density at radius 1 is 1.00 bits per heavy atom. The van der Waals surface area contributed by atoms with E-state index in [1.54, 1.807) is 42.6 Å². The predicted octanol–water partition coefficient (Wildman–Crippen LogP) is 8.35. The van der Waals surface area contributed by atoms with Crippen LogP contribution in [-0.2, 0) is 22.8 Å². The minimum Gasteiger partial charge on any atom is -0.460 e. The minimum atomic E-state index is -4.36. The van der Waals surface area contributed by atoms with Crippen LogP contribution in [0.5, 0.6) is 5.75 Å². The Morgan fingerprint density at radius 2 is 1.70 bits per heavy atom. The van der Waals surface area contributed by atoms with Crippen LogP contribution in [0.2, 0.25) is 0 Å². The molecule has 0 atom stereocenters. The third kappa shape index (κ3) is 5.79. The van der Waals surface area contributed by atoms with E-state index < -0.39 is 11.7 Å². The van der Waals surface area contributed by atoms with Crippen LogP contribution >= 0.6 is 23.5 Å². The lowest BCUT2D eigenvalue weighted by atomic mass is 10.1. The van der Waals surface area contributed by atoms with Gasteiger partial charge in [0.05, 0.1) is 11.3 Å². The van der Waals surface area contributed by atoms with E-state index in [1.165, 1.54) is 12.1 Å². The number of aryl methyl sites for hydroxylation is 1. The van der Waals surface area contributed by atoms with Crippen molar-refractivity contribution in [2.75, 3.05) is 0 Å². The van der Waals surface area contributed by atoms with E-state index in [4.69, 9.17) is 4.42 Å². The Bertz CT molecular complexity index is 993. The normalized spacial score (nSPS) is 12.0. The monoisotopic (exact) mass is 451 g/mol. The van der Waals surface area contributed by atoms with Gasteiger partial charge in [0.2, 0.25) is 0 Å². The fraction of sp³-hybridized carbons (Fsp3) is 0.304. The summed E-state index contributed by atoms with van der Waals surface area (Å²) in [6.45, 7) is 6.00. The van der Waals surface area contributed by atoms with Crippen LogP contribution in [0.1, 0.15) is 36.3 Å². The summed E-state index contributed by atoms with van der Waals surface area (Å²) in [6, 6.07) is 12.2. The van der Waals surface area contributed by atoms with Crippen molar-refractivity contribution in [3.63, 3.8) is 0 Å².